The number of thiazole rings is 2. The third kappa shape index (κ3) is 4.65. The van der Waals surface area contributed by atoms with Gasteiger partial charge in [0.05, 0.1) is 39.7 Å². The normalized spacial score (nSPS) is 10.6. The van der Waals surface area contributed by atoms with Gasteiger partial charge < -0.3 is 15.4 Å². The molecule has 0 bridgehead atoms. The summed E-state index contributed by atoms with van der Waals surface area (Å²) in [6.07, 6.45) is 0.00683. The minimum Gasteiger partial charge on any atom is -0.489 e. The second-order valence-corrected chi connectivity index (χ2v) is 8.12. The number of ether oxygens (including phenoxy) is 1. The average Bonchev–Trinajstić information content (AvgIpc) is 3.21. The highest BCUT2D eigenvalue weighted by Crippen LogP contribution is 2.36. The first-order valence-corrected chi connectivity index (χ1v) is 10.2. The first-order valence-electron chi connectivity index (χ1n) is 8.54. The molecule has 0 saturated carbocycles. The van der Waals surface area contributed by atoms with Gasteiger partial charge in [-0.1, -0.05) is 11.3 Å². The standard InChI is InChI=1S/C19H19N5O2S2/c1-10(2)26-16-6-5-13(8-20)7-14(16)23-18-24-15(9-27-18)17-11(3)21-19(28-17)22-12(4)25/h5-7,9-10H,1-4H3,(H,23,24)(H,21,22,25). The summed E-state index contributed by atoms with van der Waals surface area (Å²) in [6.45, 7) is 7.23. The summed E-state index contributed by atoms with van der Waals surface area (Å²) in [5.41, 5.74) is 2.81. The fraction of sp³-hybridized carbons (Fsp3) is 0.263. The van der Waals surface area contributed by atoms with Crippen LogP contribution >= 0.6 is 22.7 Å². The fourth-order valence-electron chi connectivity index (χ4n) is 2.44. The van der Waals surface area contributed by atoms with Crippen LogP contribution in [0, 0.1) is 18.3 Å². The predicted octanol–water partition coefficient (Wildman–Crippen LogP) is 4.94. The average molecular weight is 414 g/mol. The van der Waals surface area contributed by atoms with E-state index in [0.717, 1.165) is 16.3 Å². The summed E-state index contributed by atoms with van der Waals surface area (Å²) in [4.78, 5) is 21.1. The van der Waals surface area contributed by atoms with Crippen LogP contribution in [-0.4, -0.2) is 22.0 Å². The lowest BCUT2D eigenvalue weighted by molar-refractivity contribution is -0.114. The lowest BCUT2D eigenvalue weighted by Crippen LogP contribution is -2.07. The van der Waals surface area contributed by atoms with E-state index in [1.165, 1.54) is 29.6 Å². The van der Waals surface area contributed by atoms with E-state index in [9.17, 15) is 10.1 Å². The Kier molecular flexibility index (Phi) is 5.92. The van der Waals surface area contributed by atoms with Crippen molar-refractivity contribution >= 4 is 44.5 Å². The molecule has 0 unspecified atom stereocenters. The second-order valence-electron chi connectivity index (χ2n) is 6.27. The smallest absolute Gasteiger partial charge is 0.223 e. The number of carbonyl (C=O) groups is 1. The number of nitrogens with one attached hydrogen (secondary N) is 2. The quantitative estimate of drug-likeness (QED) is 0.594. The van der Waals surface area contributed by atoms with Gasteiger partial charge in [-0.05, 0) is 39.0 Å². The Hall–Kier alpha value is -2.96. The van der Waals surface area contributed by atoms with Crippen LogP contribution in [0.15, 0.2) is 23.6 Å². The first kappa shape index (κ1) is 19.8. The van der Waals surface area contributed by atoms with E-state index < -0.39 is 0 Å². The molecule has 0 aliphatic heterocycles. The van der Waals surface area contributed by atoms with Crippen molar-refractivity contribution in [2.75, 3.05) is 10.6 Å². The van der Waals surface area contributed by atoms with Crippen LogP contribution in [0.4, 0.5) is 16.0 Å². The molecule has 2 aromatic heterocycles. The summed E-state index contributed by atoms with van der Waals surface area (Å²) in [6, 6.07) is 7.38. The number of nitriles is 1. The Bertz CT molecular complexity index is 1050. The highest BCUT2D eigenvalue weighted by Gasteiger charge is 2.15. The summed E-state index contributed by atoms with van der Waals surface area (Å²) in [5.74, 6) is 0.503. The van der Waals surface area contributed by atoms with Gasteiger partial charge in [0.1, 0.15) is 5.75 Å². The van der Waals surface area contributed by atoms with Gasteiger partial charge in [0.2, 0.25) is 5.91 Å². The molecule has 0 spiro atoms. The molecule has 0 fully saturated rings. The van der Waals surface area contributed by atoms with E-state index >= 15 is 0 Å². The van der Waals surface area contributed by atoms with E-state index in [0.29, 0.717) is 27.3 Å². The summed E-state index contributed by atoms with van der Waals surface area (Å²) in [5, 5.41) is 18.3. The molecule has 28 heavy (non-hydrogen) atoms. The van der Waals surface area contributed by atoms with Crippen LogP contribution in [0.3, 0.4) is 0 Å². The number of amides is 1. The molecule has 0 radical (unpaired) electrons. The number of benzene rings is 1. The van der Waals surface area contributed by atoms with Gasteiger partial charge in [0.15, 0.2) is 10.3 Å². The second kappa shape index (κ2) is 8.37. The number of rotatable bonds is 6. The zero-order valence-electron chi connectivity index (χ0n) is 15.9. The molecule has 0 saturated heterocycles. The molecule has 7 nitrogen and oxygen atoms in total. The lowest BCUT2D eigenvalue weighted by atomic mass is 10.2. The molecule has 1 amide bonds. The number of anilines is 3. The number of aryl methyl sites for hydroxylation is 1. The molecule has 3 rings (SSSR count). The Morgan fingerprint density at radius 3 is 2.75 bits per heavy atom. The maximum absolute atomic E-state index is 11.2. The Labute approximate surface area is 171 Å². The van der Waals surface area contributed by atoms with Crippen molar-refractivity contribution in [3.05, 3.63) is 34.8 Å². The van der Waals surface area contributed by atoms with Crippen molar-refractivity contribution in [3.63, 3.8) is 0 Å². The third-order valence-electron chi connectivity index (χ3n) is 3.53. The molecule has 9 heteroatoms. The molecule has 144 valence electrons. The van der Waals surface area contributed by atoms with Crippen LogP contribution in [0.2, 0.25) is 0 Å². The van der Waals surface area contributed by atoms with Crippen molar-refractivity contribution in [1.82, 2.24) is 9.97 Å². The monoisotopic (exact) mass is 413 g/mol. The fourth-order valence-corrected chi connectivity index (χ4v) is 4.20. The van der Waals surface area contributed by atoms with E-state index in [-0.39, 0.29) is 12.0 Å². The maximum Gasteiger partial charge on any atom is 0.223 e. The van der Waals surface area contributed by atoms with Gasteiger partial charge in [-0.3, -0.25) is 4.79 Å². The van der Waals surface area contributed by atoms with Crippen molar-refractivity contribution in [3.8, 4) is 22.4 Å². The van der Waals surface area contributed by atoms with Gasteiger partial charge in [0, 0.05) is 12.3 Å². The van der Waals surface area contributed by atoms with Crippen molar-refractivity contribution in [2.45, 2.75) is 33.8 Å². The van der Waals surface area contributed by atoms with E-state index in [1.807, 2.05) is 26.2 Å². The largest absolute Gasteiger partial charge is 0.489 e. The van der Waals surface area contributed by atoms with Crippen molar-refractivity contribution < 1.29 is 9.53 Å². The van der Waals surface area contributed by atoms with E-state index in [2.05, 4.69) is 26.7 Å². The third-order valence-corrected chi connectivity index (χ3v) is 5.38. The SMILES string of the molecule is CC(=O)Nc1nc(C)c(-c2csc(Nc3cc(C#N)ccc3OC(C)C)n2)s1. The number of hydrogen-bond donors (Lipinski definition) is 2. The maximum atomic E-state index is 11.2. The Morgan fingerprint density at radius 2 is 2.07 bits per heavy atom. The Balaban J connectivity index is 1.87. The van der Waals surface area contributed by atoms with Crippen LogP contribution in [0.1, 0.15) is 32.0 Å². The lowest BCUT2D eigenvalue weighted by Gasteiger charge is -2.14. The van der Waals surface area contributed by atoms with Crippen LogP contribution in [0.5, 0.6) is 5.75 Å². The van der Waals surface area contributed by atoms with Gasteiger partial charge in [-0.2, -0.15) is 5.26 Å². The van der Waals surface area contributed by atoms with E-state index in [1.54, 1.807) is 18.2 Å². The number of nitrogens with zero attached hydrogens (tertiary/aromatic N) is 3. The molecular formula is C19H19N5O2S2. The molecular weight excluding hydrogens is 394 g/mol. The van der Waals surface area contributed by atoms with Crippen molar-refractivity contribution in [2.24, 2.45) is 0 Å². The summed E-state index contributed by atoms with van der Waals surface area (Å²) >= 11 is 2.83. The molecule has 0 atom stereocenters. The Morgan fingerprint density at radius 1 is 1.29 bits per heavy atom. The molecule has 3 aromatic rings. The summed E-state index contributed by atoms with van der Waals surface area (Å²) < 4.78 is 5.82. The minimum absolute atomic E-state index is 0.00683. The molecule has 2 N–H and O–H groups in total. The summed E-state index contributed by atoms with van der Waals surface area (Å²) in [7, 11) is 0. The first-order chi connectivity index (χ1) is 13.4. The highest BCUT2D eigenvalue weighted by atomic mass is 32.1. The topological polar surface area (TPSA) is 99.9 Å². The molecule has 0 aliphatic carbocycles. The zero-order valence-corrected chi connectivity index (χ0v) is 17.5. The number of aromatic nitrogens is 2. The van der Waals surface area contributed by atoms with Gasteiger partial charge in [-0.15, -0.1) is 11.3 Å². The molecule has 2 heterocycles. The zero-order chi connectivity index (χ0) is 20.3. The van der Waals surface area contributed by atoms with Gasteiger partial charge in [-0.25, -0.2) is 9.97 Å². The molecule has 0 aliphatic rings. The predicted molar refractivity (Wildman–Crippen MR) is 112 cm³/mol. The number of hydrogen-bond acceptors (Lipinski definition) is 8. The van der Waals surface area contributed by atoms with Crippen LogP contribution in [0.25, 0.3) is 10.6 Å². The minimum atomic E-state index is -0.156. The van der Waals surface area contributed by atoms with Crippen LogP contribution < -0.4 is 15.4 Å². The van der Waals surface area contributed by atoms with Gasteiger partial charge >= 0.3 is 0 Å². The van der Waals surface area contributed by atoms with Gasteiger partial charge in [0.25, 0.3) is 0 Å². The number of carbonyl (C=O) groups excluding carboxylic acids is 1. The van der Waals surface area contributed by atoms with Crippen molar-refractivity contribution in [1.29, 1.82) is 5.26 Å². The van der Waals surface area contributed by atoms with Crippen LogP contribution in [-0.2, 0) is 4.79 Å². The molecule has 1 aromatic carbocycles. The van der Waals surface area contributed by atoms with E-state index in [4.69, 9.17) is 4.74 Å². The highest BCUT2D eigenvalue weighted by molar-refractivity contribution is 7.20.